The van der Waals surface area contributed by atoms with E-state index in [0.29, 0.717) is 0 Å². The predicted molar refractivity (Wildman–Crippen MR) is 42.2 cm³/mol. The molecule has 0 aliphatic carbocycles. The van der Waals surface area contributed by atoms with Gasteiger partial charge < -0.3 is 0 Å². The van der Waals surface area contributed by atoms with Crippen LogP contribution in [0.25, 0.3) is 0 Å². The second-order valence-corrected chi connectivity index (χ2v) is 2.81. The molecule has 1 heteroatoms. The predicted octanol–water partition coefficient (Wildman–Crippen LogP) is 3.48. The van der Waals surface area contributed by atoms with E-state index >= 15 is 0 Å². The van der Waals surface area contributed by atoms with E-state index in [-0.39, 0.29) is 0 Å². The maximum atomic E-state index is 3.44. The third kappa shape index (κ3) is 4.38. The normalized spacial score (nSPS) is 12.1. The molecule has 0 aromatic heterocycles. The van der Waals surface area contributed by atoms with Gasteiger partial charge in [0.25, 0.3) is 0 Å². The highest BCUT2D eigenvalue weighted by Gasteiger charge is 1.81. The Hall–Kier alpha value is 0.220. The molecule has 0 spiro atoms. The first-order valence-electron chi connectivity index (χ1n) is 3.15. The second kappa shape index (κ2) is 5.36. The van der Waals surface area contributed by atoms with Crippen molar-refractivity contribution < 1.29 is 0 Å². The highest BCUT2D eigenvalue weighted by molar-refractivity contribution is 9.11. The molecular formula is C7H13Br. The van der Waals surface area contributed by atoms with Gasteiger partial charge in [0, 0.05) is 0 Å². The lowest BCUT2D eigenvalue weighted by Crippen LogP contribution is -1.66. The van der Waals surface area contributed by atoms with E-state index < -0.39 is 0 Å². The molecule has 0 nitrogen and oxygen atoms in total. The summed E-state index contributed by atoms with van der Waals surface area (Å²) in [4.78, 5) is 0. The molecule has 0 aromatic rings. The average molecular weight is 177 g/mol. The lowest BCUT2D eigenvalue weighted by atomic mass is 10.3. The SMILES string of the molecule is CCCC=C(Br)CC. The Labute approximate surface area is 60.1 Å². The topological polar surface area (TPSA) is 0 Å². The zero-order chi connectivity index (χ0) is 6.41. The highest BCUT2D eigenvalue weighted by Crippen LogP contribution is 2.10. The molecule has 0 unspecified atom stereocenters. The van der Waals surface area contributed by atoms with Crippen LogP contribution in [0.1, 0.15) is 33.1 Å². The van der Waals surface area contributed by atoms with Crippen molar-refractivity contribution >= 4 is 15.9 Å². The minimum Gasteiger partial charge on any atom is -0.0744 e. The number of allylic oxidation sites excluding steroid dienone is 2. The van der Waals surface area contributed by atoms with Crippen LogP contribution in [-0.4, -0.2) is 0 Å². The third-order valence-electron chi connectivity index (χ3n) is 0.992. The summed E-state index contributed by atoms with van der Waals surface area (Å²) in [6.07, 6.45) is 5.81. The average Bonchev–Trinajstić information content (AvgIpc) is 1.83. The molecule has 0 bridgehead atoms. The summed E-state index contributed by atoms with van der Waals surface area (Å²) < 4.78 is 1.33. The van der Waals surface area contributed by atoms with Gasteiger partial charge in [-0.3, -0.25) is 0 Å². The van der Waals surface area contributed by atoms with E-state index in [0.717, 1.165) is 6.42 Å². The van der Waals surface area contributed by atoms with Crippen molar-refractivity contribution in [3.63, 3.8) is 0 Å². The van der Waals surface area contributed by atoms with Gasteiger partial charge >= 0.3 is 0 Å². The number of hydrogen-bond donors (Lipinski definition) is 0. The summed E-state index contributed by atoms with van der Waals surface area (Å²) in [5.41, 5.74) is 0. The summed E-state index contributed by atoms with van der Waals surface area (Å²) in [5.74, 6) is 0. The Morgan fingerprint density at radius 2 is 2.12 bits per heavy atom. The van der Waals surface area contributed by atoms with Gasteiger partial charge in [-0.15, -0.1) is 0 Å². The molecule has 0 atom stereocenters. The first-order chi connectivity index (χ1) is 3.81. The van der Waals surface area contributed by atoms with Crippen LogP contribution in [0, 0.1) is 0 Å². The third-order valence-corrected chi connectivity index (χ3v) is 1.88. The van der Waals surface area contributed by atoms with Crippen molar-refractivity contribution in [1.29, 1.82) is 0 Å². The van der Waals surface area contributed by atoms with Crippen molar-refractivity contribution in [3.8, 4) is 0 Å². The first kappa shape index (κ1) is 8.22. The molecule has 0 heterocycles. The van der Waals surface area contributed by atoms with Crippen LogP contribution in [0.5, 0.6) is 0 Å². The van der Waals surface area contributed by atoms with Gasteiger partial charge in [0.05, 0.1) is 0 Å². The second-order valence-electron chi connectivity index (χ2n) is 1.79. The lowest BCUT2D eigenvalue weighted by Gasteiger charge is -1.88. The Bertz CT molecular complexity index is 74.5. The van der Waals surface area contributed by atoms with Crippen LogP contribution >= 0.6 is 15.9 Å². The monoisotopic (exact) mass is 176 g/mol. The van der Waals surface area contributed by atoms with Gasteiger partial charge in [-0.1, -0.05) is 42.3 Å². The van der Waals surface area contributed by atoms with E-state index in [1.54, 1.807) is 0 Å². The standard InChI is InChI=1S/C7H13Br/c1-3-5-6-7(8)4-2/h6H,3-5H2,1-2H3. The number of hydrogen-bond acceptors (Lipinski definition) is 0. The van der Waals surface area contributed by atoms with Crippen molar-refractivity contribution in [2.24, 2.45) is 0 Å². The Morgan fingerprint density at radius 1 is 1.50 bits per heavy atom. The molecule has 48 valence electrons. The smallest absolute Gasteiger partial charge is 0.00920 e. The molecule has 0 radical (unpaired) electrons. The molecule has 0 aromatic carbocycles. The van der Waals surface area contributed by atoms with Crippen LogP contribution in [0.2, 0.25) is 0 Å². The summed E-state index contributed by atoms with van der Waals surface area (Å²) in [6, 6.07) is 0. The van der Waals surface area contributed by atoms with Crippen LogP contribution in [0.15, 0.2) is 10.6 Å². The molecule has 0 fully saturated rings. The minimum absolute atomic E-state index is 1.12. The molecule has 0 rings (SSSR count). The number of rotatable bonds is 3. The maximum Gasteiger partial charge on any atom is -0.00920 e. The van der Waals surface area contributed by atoms with Crippen molar-refractivity contribution in [3.05, 3.63) is 10.6 Å². The summed E-state index contributed by atoms with van der Waals surface area (Å²) in [6.45, 7) is 4.34. The fourth-order valence-corrected chi connectivity index (χ4v) is 0.674. The molecule has 0 aliphatic heterocycles. The zero-order valence-corrected chi connectivity index (χ0v) is 7.16. The maximum absolute atomic E-state index is 3.44. The van der Waals surface area contributed by atoms with Crippen molar-refractivity contribution in [2.75, 3.05) is 0 Å². The zero-order valence-electron chi connectivity index (χ0n) is 5.58. The largest absolute Gasteiger partial charge is 0.0744 e. The molecular weight excluding hydrogens is 164 g/mol. The van der Waals surface area contributed by atoms with Gasteiger partial charge in [-0.2, -0.15) is 0 Å². The summed E-state index contributed by atoms with van der Waals surface area (Å²) in [7, 11) is 0. The van der Waals surface area contributed by atoms with Crippen LogP contribution in [0.3, 0.4) is 0 Å². The van der Waals surface area contributed by atoms with E-state index in [9.17, 15) is 0 Å². The van der Waals surface area contributed by atoms with Crippen LogP contribution in [0.4, 0.5) is 0 Å². The first-order valence-corrected chi connectivity index (χ1v) is 3.95. The molecule has 0 amide bonds. The molecule has 0 saturated heterocycles. The van der Waals surface area contributed by atoms with Gasteiger partial charge in [0.1, 0.15) is 0 Å². The van der Waals surface area contributed by atoms with Crippen LogP contribution in [-0.2, 0) is 0 Å². The van der Waals surface area contributed by atoms with Gasteiger partial charge in [-0.25, -0.2) is 0 Å². The van der Waals surface area contributed by atoms with Crippen molar-refractivity contribution in [1.82, 2.24) is 0 Å². The van der Waals surface area contributed by atoms with E-state index in [4.69, 9.17) is 0 Å². The number of halogens is 1. The van der Waals surface area contributed by atoms with Gasteiger partial charge in [-0.05, 0) is 17.3 Å². The van der Waals surface area contributed by atoms with E-state index in [1.165, 1.54) is 17.3 Å². The van der Waals surface area contributed by atoms with E-state index in [2.05, 4.69) is 35.9 Å². The van der Waals surface area contributed by atoms with Gasteiger partial charge in [0.15, 0.2) is 0 Å². The van der Waals surface area contributed by atoms with Crippen molar-refractivity contribution in [2.45, 2.75) is 33.1 Å². The minimum atomic E-state index is 1.12. The Balaban J connectivity index is 3.26. The van der Waals surface area contributed by atoms with Gasteiger partial charge in [0.2, 0.25) is 0 Å². The molecule has 0 N–H and O–H groups in total. The lowest BCUT2D eigenvalue weighted by molar-refractivity contribution is 0.949. The molecule has 0 saturated carbocycles. The number of unbranched alkanes of at least 4 members (excludes halogenated alkanes) is 1. The fraction of sp³-hybridized carbons (Fsp3) is 0.714. The summed E-state index contributed by atoms with van der Waals surface area (Å²) in [5, 5.41) is 0. The Morgan fingerprint density at radius 3 is 2.50 bits per heavy atom. The molecule has 0 aliphatic rings. The quantitative estimate of drug-likeness (QED) is 0.619. The highest BCUT2D eigenvalue weighted by atomic mass is 79.9. The van der Waals surface area contributed by atoms with E-state index in [1.807, 2.05) is 0 Å². The molecule has 8 heavy (non-hydrogen) atoms. The summed E-state index contributed by atoms with van der Waals surface area (Å²) >= 11 is 3.44. The Kier molecular flexibility index (Phi) is 5.51. The fourth-order valence-electron chi connectivity index (χ4n) is 0.445. The van der Waals surface area contributed by atoms with Crippen LogP contribution < -0.4 is 0 Å².